The van der Waals surface area contributed by atoms with Crippen LogP contribution in [0.25, 0.3) is 0 Å². The molecule has 146 valence electrons. The Balaban J connectivity index is 1.68. The van der Waals surface area contributed by atoms with Gasteiger partial charge in [0.05, 0.1) is 10.5 Å². The maximum absolute atomic E-state index is 12.9. The van der Waals surface area contributed by atoms with Gasteiger partial charge in [-0.15, -0.1) is 0 Å². The zero-order valence-electron chi connectivity index (χ0n) is 14.8. The third-order valence-electron chi connectivity index (χ3n) is 4.50. The van der Waals surface area contributed by atoms with E-state index in [9.17, 15) is 21.6 Å². The molecule has 5 nitrogen and oxygen atoms in total. The van der Waals surface area contributed by atoms with Crippen molar-refractivity contribution in [3.8, 4) is 0 Å². The molecule has 0 saturated carbocycles. The fourth-order valence-corrected chi connectivity index (χ4v) is 4.54. The highest BCUT2D eigenvalue weighted by molar-refractivity contribution is 7.89. The van der Waals surface area contributed by atoms with Gasteiger partial charge in [-0.2, -0.15) is 17.5 Å². The highest BCUT2D eigenvalue weighted by Crippen LogP contribution is 2.31. The van der Waals surface area contributed by atoms with E-state index in [2.05, 4.69) is 9.88 Å². The van der Waals surface area contributed by atoms with E-state index in [1.54, 1.807) is 6.20 Å². The van der Waals surface area contributed by atoms with Crippen molar-refractivity contribution in [2.45, 2.75) is 24.5 Å². The first-order chi connectivity index (χ1) is 12.7. The summed E-state index contributed by atoms with van der Waals surface area (Å²) in [5, 5.41) is 0. The first-order valence-electron chi connectivity index (χ1n) is 8.47. The SMILES string of the molecule is Cc1cc(CN2CCN(S(=O)(=O)c3cccc(C(F)(F)F)c3)CC2)ccn1. The number of hydrogen-bond acceptors (Lipinski definition) is 4. The molecule has 0 N–H and O–H groups in total. The van der Waals surface area contributed by atoms with Gasteiger partial charge in [-0.25, -0.2) is 8.42 Å². The van der Waals surface area contributed by atoms with Crippen molar-refractivity contribution < 1.29 is 21.6 Å². The summed E-state index contributed by atoms with van der Waals surface area (Å²) in [6, 6.07) is 7.79. The first-order valence-corrected chi connectivity index (χ1v) is 9.91. The van der Waals surface area contributed by atoms with Crippen LogP contribution in [0.3, 0.4) is 0 Å². The molecule has 0 bridgehead atoms. The van der Waals surface area contributed by atoms with Crippen molar-refractivity contribution in [1.82, 2.24) is 14.2 Å². The average Bonchev–Trinajstić information content (AvgIpc) is 2.62. The molecule has 1 saturated heterocycles. The summed E-state index contributed by atoms with van der Waals surface area (Å²) in [6.45, 7) is 4.09. The van der Waals surface area contributed by atoms with Crippen LogP contribution < -0.4 is 0 Å². The van der Waals surface area contributed by atoms with Gasteiger partial charge in [-0.05, 0) is 42.8 Å². The molecule has 0 atom stereocenters. The van der Waals surface area contributed by atoms with E-state index >= 15 is 0 Å². The minimum atomic E-state index is -4.58. The summed E-state index contributed by atoms with van der Waals surface area (Å²) >= 11 is 0. The van der Waals surface area contributed by atoms with Crippen LogP contribution >= 0.6 is 0 Å². The highest BCUT2D eigenvalue weighted by Gasteiger charge is 2.33. The summed E-state index contributed by atoms with van der Waals surface area (Å²) in [7, 11) is -3.95. The number of aromatic nitrogens is 1. The fraction of sp³-hybridized carbons (Fsp3) is 0.389. The topological polar surface area (TPSA) is 53.5 Å². The number of pyridine rings is 1. The van der Waals surface area contributed by atoms with Crippen molar-refractivity contribution in [1.29, 1.82) is 0 Å². The Bertz CT molecular complexity index is 908. The molecule has 1 aliphatic heterocycles. The zero-order chi connectivity index (χ0) is 19.7. The van der Waals surface area contributed by atoms with Crippen LogP contribution in [0, 0.1) is 6.92 Å². The third-order valence-corrected chi connectivity index (χ3v) is 6.39. The van der Waals surface area contributed by atoms with E-state index in [0.29, 0.717) is 25.7 Å². The number of benzene rings is 1. The minimum Gasteiger partial charge on any atom is -0.296 e. The predicted molar refractivity (Wildman–Crippen MR) is 94.5 cm³/mol. The van der Waals surface area contributed by atoms with E-state index < -0.39 is 21.8 Å². The van der Waals surface area contributed by atoms with Crippen molar-refractivity contribution >= 4 is 10.0 Å². The lowest BCUT2D eigenvalue weighted by Crippen LogP contribution is -2.48. The van der Waals surface area contributed by atoms with Crippen molar-refractivity contribution in [2.75, 3.05) is 26.2 Å². The lowest BCUT2D eigenvalue weighted by Gasteiger charge is -2.34. The van der Waals surface area contributed by atoms with Gasteiger partial charge >= 0.3 is 6.18 Å². The zero-order valence-corrected chi connectivity index (χ0v) is 15.6. The monoisotopic (exact) mass is 399 g/mol. The van der Waals surface area contributed by atoms with E-state index in [1.807, 2.05) is 19.1 Å². The Morgan fingerprint density at radius 2 is 1.78 bits per heavy atom. The van der Waals surface area contributed by atoms with Crippen LogP contribution in [-0.4, -0.2) is 48.8 Å². The average molecular weight is 399 g/mol. The second-order valence-corrected chi connectivity index (χ2v) is 8.45. The number of nitrogens with zero attached hydrogens (tertiary/aromatic N) is 3. The van der Waals surface area contributed by atoms with Gasteiger partial charge in [0.15, 0.2) is 0 Å². The maximum atomic E-state index is 12.9. The summed E-state index contributed by atoms with van der Waals surface area (Å²) < 4.78 is 65.3. The third kappa shape index (κ3) is 4.66. The molecule has 9 heteroatoms. The first kappa shape index (κ1) is 19.8. The van der Waals surface area contributed by atoms with Crippen LogP contribution in [0.15, 0.2) is 47.5 Å². The molecule has 1 fully saturated rings. The van der Waals surface area contributed by atoms with Crippen LogP contribution in [0.2, 0.25) is 0 Å². The van der Waals surface area contributed by atoms with E-state index in [4.69, 9.17) is 0 Å². The second kappa shape index (κ2) is 7.57. The lowest BCUT2D eigenvalue weighted by molar-refractivity contribution is -0.137. The molecular formula is C18H20F3N3O2S. The van der Waals surface area contributed by atoms with Crippen LogP contribution in [0.5, 0.6) is 0 Å². The molecule has 2 heterocycles. The van der Waals surface area contributed by atoms with Crippen LogP contribution in [0.1, 0.15) is 16.8 Å². The quantitative estimate of drug-likeness (QED) is 0.793. The van der Waals surface area contributed by atoms with Gasteiger partial charge in [0.25, 0.3) is 0 Å². The van der Waals surface area contributed by atoms with Crippen LogP contribution in [0.4, 0.5) is 13.2 Å². The molecule has 1 aliphatic rings. The van der Waals surface area contributed by atoms with Crippen molar-refractivity contribution in [3.05, 3.63) is 59.4 Å². The Morgan fingerprint density at radius 3 is 2.41 bits per heavy atom. The number of sulfonamides is 1. The van der Waals surface area contributed by atoms with Gasteiger partial charge < -0.3 is 0 Å². The molecule has 2 aromatic rings. The second-order valence-electron chi connectivity index (χ2n) is 6.51. The maximum Gasteiger partial charge on any atom is 0.416 e. The molecule has 0 radical (unpaired) electrons. The smallest absolute Gasteiger partial charge is 0.296 e. The molecule has 1 aromatic heterocycles. The summed E-state index contributed by atoms with van der Waals surface area (Å²) in [5.41, 5.74) is 1.05. The summed E-state index contributed by atoms with van der Waals surface area (Å²) in [5.74, 6) is 0. The largest absolute Gasteiger partial charge is 0.416 e. The molecule has 3 rings (SSSR count). The molecule has 0 aliphatic carbocycles. The molecule has 0 unspecified atom stereocenters. The van der Waals surface area contributed by atoms with Crippen molar-refractivity contribution in [2.24, 2.45) is 0 Å². The summed E-state index contributed by atoms with van der Waals surface area (Å²) in [6.07, 6.45) is -2.84. The van der Waals surface area contributed by atoms with E-state index in [-0.39, 0.29) is 18.0 Å². The number of alkyl halides is 3. The molecule has 0 spiro atoms. The minimum absolute atomic E-state index is 0.239. The molecular weight excluding hydrogens is 379 g/mol. The van der Waals surface area contributed by atoms with Gasteiger partial charge in [-0.1, -0.05) is 6.07 Å². The van der Waals surface area contributed by atoms with Gasteiger partial charge in [-0.3, -0.25) is 9.88 Å². The molecule has 27 heavy (non-hydrogen) atoms. The van der Waals surface area contributed by atoms with Crippen LogP contribution in [-0.2, 0) is 22.7 Å². The van der Waals surface area contributed by atoms with E-state index in [0.717, 1.165) is 23.4 Å². The van der Waals surface area contributed by atoms with Gasteiger partial charge in [0.1, 0.15) is 0 Å². The molecule has 0 amide bonds. The number of rotatable bonds is 4. The molecule has 1 aromatic carbocycles. The standard InChI is InChI=1S/C18H20F3N3O2S/c1-14-11-15(5-6-22-14)13-23-7-9-24(10-8-23)27(25,26)17-4-2-3-16(12-17)18(19,20)21/h2-6,11-12H,7-10,13H2,1H3. The Kier molecular flexibility index (Phi) is 5.55. The summed E-state index contributed by atoms with van der Waals surface area (Å²) in [4.78, 5) is 5.94. The Hall–Kier alpha value is -1.97. The normalized spacial score (nSPS) is 17.2. The van der Waals surface area contributed by atoms with E-state index in [1.165, 1.54) is 10.4 Å². The number of hydrogen-bond donors (Lipinski definition) is 0. The predicted octanol–water partition coefficient (Wildman–Crippen LogP) is 2.92. The Labute approximate surface area is 156 Å². The van der Waals surface area contributed by atoms with Gasteiger partial charge in [0, 0.05) is 44.6 Å². The van der Waals surface area contributed by atoms with Crippen molar-refractivity contribution in [3.63, 3.8) is 0 Å². The lowest BCUT2D eigenvalue weighted by atomic mass is 10.2. The number of aryl methyl sites for hydroxylation is 1. The number of piperazine rings is 1. The van der Waals surface area contributed by atoms with Gasteiger partial charge in [0.2, 0.25) is 10.0 Å². The fourth-order valence-electron chi connectivity index (χ4n) is 3.07. The number of halogens is 3. The Morgan fingerprint density at radius 1 is 1.07 bits per heavy atom. The highest BCUT2D eigenvalue weighted by atomic mass is 32.2.